The van der Waals surface area contributed by atoms with Crippen LogP contribution in [0, 0.1) is 0 Å². The molecule has 2 aliphatic rings. The minimum Gasteiger partial charge on any atom is -0.310 e. The lowest BCUT2D eigenvalue weighted by Crippen LogP contribution is -2.49. The van der Waals surface area contributed by atoms with Crippen molar-refractivity contribution in [1.82, 2.24) is 25.0 Å². The van der Waals surface area contributed by atoms with Crippen LogP contribution in [0.4, 0.5) is 13.2 Å². The second kappa shape index (κ2) is 4.70. The first-order valence-corrected chi connectivity index (χ1v) is 6.84. The zero-order valence-corrected chi connectivity index (χ0v) is 11.4. The third-order valence-corrected chi connectivity index (χ3v) is 4.12. The topological polar surface area (TPSA) is 46.0 Å². The van der Waals surface area contributed by atoms with E-state index in [-0.39, 0.29) is 5.54 Å². The number of hydrogen-bond donors (Lipinski definition) is 1. The van der Waals surface area contributed by atoms with Crippen molar-refractivity contribution in [2.75, 3.05) is 19.6 Å². The second-order valence-electron chi connectivity index (χ2n) is 5.89. The summed E-state index contributed by atoms with van der Waals surface area (Å²) in [6.45, 7) is 5.35. The highest BCUT2D eigenvalue weighted by atomic mass is 19.4. The number of nitrogens with one attached hydrogen (secondary N) is 1. The summed E-state index contributed by atoms with van der Waals surface area (Å²) in [6.07, 6.45) is -2.17. The average Bonchev–Trinajstić information content (AvgIpc) is 2.94. The fourth-order valence-electron chi connectivity index (χ4n) is 3.14. The maximum Gasteiger partial charge on any atom is 0.451 e. The second-order valence-corrected chi connectivity index (χ2v) is 5.89. The molecule has 20 heavy (non-hydrogen) atoms. The molecular weight excluding hydrogens is 271 g/mol. The van der Waals surface area contributed by atoms with Crippen LogP contribution >= 0.6 is 0 Å². The van der Waals surface area contributed by atoms with Crippen LogP contribution in [0.25, 0.3) is 0 Å². The van der Waals surface area contributed by atoms with Crippen molar-refractivity contribution in [3.05, 3.63) is 11.6 Å². The molecule has 0 amide bonds. The molecule has 3 rings (SSSR count). The maximum atomic E-state index is 12.7. The number of aromatic nitrogens is 3. The van der Waals surface area contributed by atoms with E-state index in [2.05, 4.69) is 27.3 Å². The fourth-order valence-corrected chi connectivity index (χ4v) is 3.14. The SMILES string of the molecule is CC1(CN2CCn3c(nnc3C(F)(F)F)C2)CCCN1. The summed E-state index contributed by atoms with van der Waals surface area (Å²) in [5, 5.41) is 10.5. The van der Waals surface area contributed by atoms with Gasteiger partial charge in [-0.2, -0.15) is 13.2 Å². The molecule has 2 aliphatic heterocycles. The number of halogens is 3. The Labute approximate surface area is 115 Å². The molecule has 0 saturated carbocycles. The van der Waals surface area contributed by atoms with Crippen LogP contribution in [0.15, 0.2) is 0 Å². The van der Waals surface area contributed by atoms with Gasteiger partial charge in [0.15, 0.2) is 0 Å². The highest BCUT2D eigenvalue weighted by molar-refractivity contribution is 5.03. The Morgan fingerprint density at radius 3 is 2.75 bits per heavy atom. The highest BCUT2D eigenvalue weighted by Crippen LogP contribution is 2.30. The van der Waals surface area contributed by atoms with Gasteiger partial charge in [-0.1, -0.05) is 0 Å². The Kier molecular flexibility index (Phi) is 3.24. The van der Waals surface area contributed by atoms with Gasteiger partial charge in [-0.25, -0.2) is 0 Å². The maximum absolute atomic E-state index is 12.7. The van der Waals surface area contributed by atoms with Gasteiger partial charge in [0.25, 0.3) is 0 Å². The summed E-state index contributed by atoms with van der Waals surface area (Å²) in [4.78, 5) is 2.16. The predicted octanol–water partition coefficient (Wildman–Crippen LogP) is 1.25. The largest absolute Gasteiger partial charge is 0.451 e. The lowest BCUT2D eigenvalue weighted by atomic mass is 9.99. The molecule has 0 aromatic carbocycles. The number of fused-ring (bicyclic) bond motifs is 1. The Hall–Kier alpha value is -1.15. The van der Waals surface area contributed by atoms with Crippen molar-refractivity contribution < 1.29 is 13.2 Å². The summed E-state index contributed by atoms with van der Waals surface area (Å²) >= 11 is 0. The Morgan fingerprint density at radius 2 is 2.10 bits per heavy atom. The van der Waals surface area contributed by atoms with Crippen LogP contribution in [0.1, 0.15) is 31.4 Å². The third kappa shape index (κ3) is 2.54. The van der Waals surface area contributed by atoms with Crippen molar-refractivity contribution in [2.24, 2.45) is 0 Å². The molecule has 0 radical (unpaired) electrons. The van der Waals surface area contributed by atoms with E-state index in [1.165, 1.54) is 4.57 Å². The molecule has 1 aromatic rings. The first-order chi connectivity index (χ1) is 9.37. The van der Waals surface area contributed by atoms with E-state index in [1.807, 2.05) is 0 Å². The third-order valence-electron chi connectivity index (χ3n) is 4.12. The smallest absolute Gasteiger partial charge is 0.310 e. The van der Waals surface area contributed by atoms with E-state index in [4.69, 9.17) is 0 Å². The predicted molar refractivity (Wildman–Crippen MR) is 65.9 cm³/mol. The van der Waals surface area contributed by atoms with Gasteiger partial charge in [-0.05, 0) is 26.3 Å². The normalized spacial score (nSPS) is 27.8. The van der Waals surface area contributed by atoms with Crippen molar-refractivity contribution in [3.63, 3.8) is 0 Å². The molecule has 5 nitrogen and oxygen atoms in total. The van der Waals surface area contributed by atoms with E-state index < -0.39 is 12.0 Å². The number of rotatable bonds is 2. The summed E-state index contributed by atoms with van der Waals surface area (Å²) < 4.78 is 39.4. The summed E-state index contributed by atoms with van der Waals surface area (Å²) in [6, 6.07) is 0. The lowest BCUT2D eigenvalue weighted by molar-refractivity contribution is -0.148. The number of hydrogen-bond acceptors (Lipinski definition) is 4. The Bertz CT molecular complexity index is 490. The highest BCUT2D eigenvalue weighted by Gasteiger charge is 2.40. The minimum atomic E-state index is -4.42. The molecule has 1 N–H and O–H groups in total. The molecule has 112 valence electrons. The van der Waals surface area contributed by atoms with Gasteiger partial charge in [-0.15, -0.1) is 10.2 Å². The monoisotopic (exact) mass is 289 g/mol. The van der Waals surface area contributed by atoms with Crippen molar-refractivity contribution in [3.8, 4) is 0 Å². The molecule has 0 spiro atoms. The molecule has 1 atom stereocenters. The number of nitrogens with zero attached hydrogens (tertiary/aromatic N) is 4. The molecule has 0 aliphatic carbocycles. The van der Waals surface area contributed by atoms with Gasteiger partial charge in [0.1, 0.15) is 5.82 Å². The number of alkyl halides is 3. The van der Waals surface area contributed by atoms with Crippen LogP contribution in [-0.2, 0) is 19.3 Å². The summed E-state index contributed by atoms with van der Waals surface area (Å²) in [7, 11) is 0. The first kappa shape index (κ1) is 13.8. The molecule has 1 aromatic heterocycles. The van der Waals surface area contributed by atoms with Crippen molar-refractivity contribution >= 4 is 0 Å². The van der Waals surface area contributed by atoms with Gasteiger partial charge >= 0.3 is 6.18 Å². The van der Waals surface area contributed by atoms with Gasteiger partial charge in [-0.3, -0.25) is 4.90 Å². The van der Waals surface area contributed by atoms with E-state index in [0.717, 1.165) is 25.9 Å². The van der Waals surface area contributed by atoms with Crippen LogP contribution in [0.2, 0.25) is 0 Å². The van der Waals surface area contributed by atoms with Gasteiger partial charge in [0.2, 0.25) is 5.82 Å². The first-order valence-electron chi connectivity index (χ1n) is 6.84. The molecule has 3 heterocycles. The summed E-state index contributed by atoms with van der Waals surface area (Å²) in [5.41, 5.74) is 0.0645. The molecular formula is C12H18F3N5. The molecule has 8 heteroatoms. The van der Waals surface area contributed by atoms with Crippen molar-refractivity contribution in [1.29, 1.82) is 0 Å². The quantitative estimate of drug-likeness (QED) is 0.890. The van der Waals surface area contributed by atoms with Gasteiger partial charge < -0.3 is 9.88 Å². The zero-order chi connectivity index (χ0) is 14.4. The molecule has 0 bridgehead atoms. The van der Waals surface area contributed by atoms with E-state index >= 15 is 0 Å². The fraction of sp³-hybridized carbons (Fsp3) is 0.833. The average molecular weight is 289 g/mol. The van der Waals surface area contributed by atoms with E-state index in [0.29, 0.717) is 25.5 Å². The van der Waals surface area contributed by atoms with Crippen LogP contribution in [0.5, 0.6) is 0 Å². The standard InChI is InChI=1S/C12H18F3N5/c1-11(3-2-4-16-11)8-19-5-6-20-9(7-19)17-18-10(20)12(13,14)15/h16H,2-8H2,1H3. The van der Waals surface area contributed by atoms with E-state index in [9.17, 15) is 13.2 Å². The van der Waals surface area contributed by atoms with Gasteiger partial charge in [0, 0.05) is 25.2 Å². The lowest BCUT2D eigenvalue weighted by Gasteiger charge is -2.35. The molecule has 1 fully saturated rings. The van der Waals surface area contributed by atoms with Crippen LogP contribution in [0.3, 0.4) is 0 Å². The van der Waals surface area contributed by atoms with E-state index in [1.54, 1.807) is 0 Å². The minimum absolute atomic E-state index is 0.0645. The molecule has 1 saturated heterocycles. The van der Waals surface area contributed by atoms with Crippen LogP contribution in [-0.4, -0.2) is 44.8 Å². The summed E-state index contributed by atoms with van der Waals surface area (Å²) in [5.74, 6) is -0.470. The molecule has 1 unspecified atom stereocenters. The van der Waals surface area contributed by atoms with Gasteiger partial charge in [0.05, 0.1) is 6.54 Å². The Balaban J connectivity index is 1.72. The van der Waals surface area contributed by atoms with Crippen molar-refractivity contribution in [2.45, 2.75) is 44.6 Å². The zero-order valence-electron chi connectivity index (χ0n) is 11.4. The Morgan fingerprint density at radius 1 is 1.30 bits per heavy atom. The van der Waals surface area contributed by atoms with Crippen LogP contribution < -0.4 is 5.32 Å².